The normalized spacial score (nSPS) is 13.3. The fourth-order valence-electron chi connectivity index (χ4n) is 2.68. The van der Waals surface area contributed by atoms with Gasteiger partial charge in [0.15, 0.2) is 6.61 Å². The highest BCUT2D eigenvalue weighted by Crippen LogP contribution is 2.18. The molecule has 0 saturated carbocycles. The van der Waals surface area contributed by atoms with E-state index >= 15 is 0 Å². The number of carbonyl (C=O) groups is 2. The van der Waals surface area contributed by atoms with Crippen LogP contribution in [0, 0.1) is 11.6 Å². The maximum Gasteiger partial charge on any atom is 0.338 e. The van der Waals surface area contributed by atoms with E-state index in [9.17, 15) is 18.4 Å². The van der Waals surface area contributed by atoms with Gasteiger partial charge in [0.1, 0.15) is 11.6 Å². The third kappa shape index (κ3) is 3.59. The van der Waals surface area contributed by atoms with Gasteiger partial charge in [0, 0.05) is 19.2 Å². The lowest BCUT2D eigenvalue weighted by molar-refractivity contribution is -0.135. The average molecular weight is 331 g/mol. The Hall–Kier alpha value is -2.76. The van der Waals surface area contributed by atoms with Gasteiger partial charge in [-0.1, -0.05) is 24.3 Å². The Morgan fingerprint density at radius 3 is 2.42 bits per heavy atom. The maximum atomic E-state index is 13.1. The molecule has 1 aliphatic heterocycles. The first-order chi connectivity index (χ1) is 11.5. The molecule has 3 rings (SSSR count). The van der Waals surface area contributed by atoms with Crippen molar-refractivity contribution in [1.82, 2.24) is 4.90 Å². The van der Waals surface area contributed by atoms with Gasteiger partial charge in [-0.3, -0.25) is 4.79 Å². The number of rotatable bonds is 3. The van der Waals surface area contributed by atoms with Crippen LogP contribution in [0.4, 0.5) is 8.78 Å². The summed E-state index contributed by atoms with van der Waals surface area (Å²) in [6, 6.07) is 10.2. The Bertz CT molecular complexity index is 771. The molecule has 6 heteroatoms. The van der Waals surface area contributed by atoms with E-state index in [0.717, 1.165) is 24.1 Å². The fraction of sp³-hybridized carbons (Fsp3) is 0.222. The SMILES string of the molecule is O=C(OCC(=O)N1CCc2ccccc2C1)c1cc(F)cc(F)c1. The van der Waals surface area contributed by atoms with Crippen molar-refractivity contribution in [2.75, 3.05) is 13.2 Å². The first kappa shape index (κ1) is 16.1. The molecule has 0 radical (unpaired) electrons. The predicted octanol–water partition coefficient (Wildman–Crippen LogP) is 2.71. The molecule has 0 fully saturated rings. The third-order valence-electron chi connectivity index (χ3n) is 3.91. The van der Waals surface area contributed by atoms with E-state index in [4.69, 9.17) is 4.74 Å². The van der Waals surface area contributed by atoms with E-state index in [1.807, 2.05) is 24.3 Å². The molecule has 0 N–H and O–H groups in total. The Morgan fingerprint density at radius 2 is 1.71 bits per heavy atom. The van der Waals surface area contributed by atoms with Crippen molar-refractivity contribution in [1.29, 1.82) is 0 Å². The quantitative estimate of drug-likeness (QED) is 0.813. The average Bonchev–Trinajstić information content (AvgIpc) is 2.58. The van der Waals surface area contributed by atoms with Crippen molar-refractivity contribution in [2.45, 2.75) is 13.0 Å². The van der Waals surface area contributed by atoms with Gasteiger partial charge in [-0.25, -0.2) is 13.6 Å². The highest BCUT2D eigenvalue weighted by Gasteiger charge is 2.21. The minimum atomic E-state index is -0.931. The van der Waals surface area contributed by atoms with Crippen LogP contribution in [-0.4, -0.2) is 29.9 Å². The van der Waals surface area contributed by atoms with Crippen molar-refractivity contribution < 1.29 is 23.1 Å². The zero-order valence-electron chi connectivity index (χ0n) is 12.8. The van der Waals surface area contributed by atoms with Crippen LogP contribution in [0.1, 0.15) is 21.5 Å². The van der Waals surface area contributed by atoms with Crippen molar-refractivity contribution in [3.63, 3.8) is 0 Å². The van der Waals surface area contributed by atoms with Crippen LogP contribution < -0.4 is 0 Å². The molecule has 24 heavy (non-hydrogen) atoms. The molecule has 2 aromatic carbocycles. The van der Waals surface area contributed by atoms with E-state index in [1.165, 1.54) is 5.56 Å². The number of esters is 1. The summed E-state index contributed by atoms with van der Waals surface area (Å²) >= 11 is 0. The van der Waals surface area contributed by atoms with E-state index in [2.05, 4.69) is 0 Å². The monoisotopic (exact) mass is 331 g/mol. The molecule has 1 aliphatic rings. The molecule has 0 spiro atoms. The van der Waals surface area contributed by atoms with E-state index in [0.29, 0.717) is 19.2 Å². The smallest absolute Gasteiger partial charge is 0.338 e. The van der Waals surface area contributed by atoms with E-state index in [-0.39, 0.29) is 11.5 Å². The van der Waals surface area contributed by atoms with Gasteiger partial charge in [-0.05, 0) is 29.7 Å². The summed E-state index contributed by atoms with van der Waals surface area (Å²) in [4.78, 5) is 25.6. The molecule has 0 bridgehead atoms. The Kier molecular flexibility index (Phi) is 4.55. The zero-order chi connectivity index (χ0) is 17.1. The maximum absolute atomic E-state index is 13.1. The lowest BCUT2D eigenvalue weighted by atomic mass is 10.00. The molecule has 0 unspecified atom stereocenters. The molecule has 0 atom stereocenters. The fourth-order valence-corrected chi connectivity index (χ4v) is 2.68. The molecular formula is C18H15F2NO3. The number of benzene rings is 2. The first-order valence-electron chi connectivity index (χ1n) is 7.51. The second-order valence-electron chi connectivity index (χ2n) is 5.57. The topological polar surface area (TPSA) is 46.6 Å². The van der Waals surface area contributed by atoms with Gasteiger partial charge in [0.05, 0.1) is 5.56 Å². The summed E-state index contributed by atoms with van der Waals surface area (Å²) in [5, 5.41) is 0. The second-order valence-corrected chi connectivity index (χ2v) is 5.57. The van der Waals surface area contributed by atoms with Crippen LogP contribution in [0.25, 0.3) is 0 Å². The third-order valence-corrected chi connectivity index (χ3v) is 3.91. The summed E-state index contributed by atoms with van der Waals surface area (Å²) in [6.45, 7) is 0.544. The first-order valence-corrected chi connectivity index (χ1v) is 7.51. The van der Waals surface area contributed by atoms with Crippen LogP contribution in [0.15, 0.2) is 42.5 Å². The van der Waals surface area contributed by atoms with Crippen molar-refractivity contribution in [2.24, 2.45) is 0 Å². The molecular weight excluding hydrogens is 316 g/mol. The van der Waals surface area contributed by atoms with Gasteiger partial charge >= 0.3 is 5.97 Å². The largest absolute Gasteiger partial charge is 0.452 e. The minimum absolute atomic E-state index is 0.260. The number of carbonyl (C=O) groups excluding carboxylic acids is 2. The Labute approximate surface area is 137 Å². The highest BCUT2D eigenvalue weighted by molar-refractivity contribution is 5.91. The van der Waals surface area contributed by atoms with Crippen LogP contribution in [-0.2, 0) is 22.5 Å². The molecule has 4 nitrogen and oxygen atoms in total. The number of ether oxygens (including phenoxy) is 1. The number of nitrogens with zero attached hydrogens (tertiary/aromatic N) is 1. The number of fused-ring (bicyclic) bond motifs is 1. The molecule has 0 aliphatic carbocycles. The van der Waals surface area contributed by atoms with Crippen molar-refractivity contribution >= 4 is 11.9 Å². The summed E-state index contributed by atoms with van der Waals surface area (Å²) < 4.78 is 31.1. The standard InChI is InChI=1S/C18H15F2NO3/c19-15-7-14(8-16(20)9-15)18(23)24-11-17(22)21-6-5-12-3-1-2-4-13(12)10-21/h1-4,7-9H,5-6,10-11H2. The lowest BCUT2D eigenvalue weighted by Crippen LogP contribution is -2.38. The summed E-state index contributed by atoms with van der Waals surface area (Å²) in [7, 11) is 0. The van der Waals surface area contributed by atoms with Crippen molar-refractivity contribution in [3.8, 4) is 0 Å². The number of hydrogen-bond donors (Lipinski definition) is 0. The molecule has 124 valence electrons. The second kappa shape index (κ2) is 6.78. The molecule has 0 saturated heterocycles. The van der Waals surface area contributed by atoms with Crippen molar-refractivity contribution in [3.05, 3.63) is 70.8 Å². The Balaban J connectivity index is 1.59. The summed E-state index contributed by atoms with van der Waals surface area (Å²) in [5.74, 6) is -3.02. The van der Waals surface area contributed by atoms with Crippen LogP contribution in [0.3, 0.4) is 0 Å². The number of hydrogen-bond acceptors (Lipinski definition) is 3. The van der Waals surface area contributed by atoms with Crippen LogP contribution >= 0.6 is 0 Å². The zero-order valence-corrected chi connectivity index (χ0v) is 12.8. The van der Waals surface area contributed by atoms with Crippen LogP contribution in [0.2, 0.25) is 0 Å². The van der Waals surface area contributed by atoms with Gasteiger partial charge in [0.2, 0.25) is 0 Å². The number of amides is 1. The van der Waals surface area contributed by atoms with Crippen LogP contribution in [0.5, 0.6) is 0 Å². The molecule has 2 aromatic rings. The van der Waals surface area contributed by atoms with Gasteiger partial charge in [-0.15, -0.1) is 0 Å². The number of halogens is 2. The van der Waals surface area contributed by atoms with Gasteiger partial charge in [-0.2, -0.15) is 0 Å². The molecule has 1 heterocycles. The van der Waals surface area contributed by atoms with E-state index in [1.54, 1.807) is 4.90 Å². The van der Waals surface area contributed by atoms with Gasteiger partial charge in [0.25, 0.3) is 5.91 Å². The highest BCUT2D eigenvalue weighted by atomic mass is 19.1. The summed E-state index contributed by atoms with van der Waals surface area (Å²) in [5.41, 5.74) is 2.01. The lowest BCUT2D eigenvalue weighted by Gasteiger charge is -2.28. The predicted molar refractivity (Wildman–Crippen MR) is 82.2 cm³/mol. The molecule has 0 aromatic heterocycles. The Morgan fingerprint density at radius 1 is 1.04 bits per heavy atom. The molecule has 1 amide bonds. The van der Waals surface area contributed by atoms with Gasteiger partial charge < -0.3 is 9.64 Å². The summed E-state index contributed by atoms with van der Waals surface area (Å²) in [6.07, 6.45) is 0.741. The minimum Gasteiger partial charge on any atom is -0.452 e. The van der Waals surface area contributed by atoms with E-state index < -0.39 is 24.2 Å².